The van der Waals surface area contributed by atoms with Crippen molar-refractivity contribution in [3.8, 4) is 0 Å². The van der Waals surface area contributed by atoms with Gasteiger partial charge in [-0.3, -0.25) is 4.79 Å². The molecule has 2 atom stereocenters. The molecule has 7 heavy (non-hydrogen) atoms. The Kier molecular flexibility index (Phi) is 1.01. The maximum Gasteiger partial charge on any atom is 0.207 e. The van der Waals surface area contributed by atoms with Crippen LogP contribution in [0.25, 0.3) is 0 Å². The highest BCUT2D eigenvalue weighted by Gasteiger charge is 2.31. The topological polar surface area (TPSA) is 29.1 Å². The summed E-state index contributed by atoms with van der Waals surface area (Å²) in [5, 5.41) is 2.69. The molecule has 1 rings (SSSR count). The summed E-state index contributed by atoms with van der Waals surface area (Å²) >= 11 is 0. The number of carbonyl (C=O) groups is 1. The van der Waals surface area contributed by atoms with Gasteiger partial charge in [-0.05, 0) is 12.3 Å². The van der Waals surface area contributed by atoms with Crippen molar-refractivity contribution in [2.75, 3.05) is 0 Å². The van der Waals surface area contributed by atoms with E-state index in [4.69, 9.17) is 0 Å². The van der Waals surface area contributed by atoms with Gasteiger partial charge in [0.2, 0.25) is 6.41 Å². The third-order valence-electron chi connectivity index (χ3n) is 1.39. The van der Waals surface area contributed by atoms with E-state index in [1.54, 1.807) is 0 Å². The molecule has 1 saturated carbocycles. The molecule has 2 nitrogen and oxygen atoms in total. The molecule has 0 radical (unpaired) electrons. The van der Waals surface area contributed by atoms with Gasteiger partial charge in [-0.25, -0.2) is 0 Å². The second-order valence-corrected chi connectivity index (χ2v) is 2.10. The molecule has 0 spiro atoms. The van der Waals surface area contributed by atoms with E-state index in [1.165, 1.54) is 6.42 Å². The lowest BCUT2D eigenvalue weighted by atomic mass is 10.5. The predicted molar refractivity (Wildman–Crippen MR) is 26.8 cm³/mol. The highest BCUT2D eigenvalue weighted by molar-refractivity contribution is 5.47. The van der Waals surface area contributed by atoms with Crippen molar-refractivity contribution in [1.82, 2.24) is 5.32 Å². The van der Waals surface area contributed by atoms with E-state index in [0.717, 1.165) is 12.3 Å². The van der Waals surface area contributed by atoms with Gasteiger partial charge < -0.3 is 5.32 Å². The zero-order valence-corrected chi connectivity index (χ0v) is 4.35. The van der Waals surface area contributed by atoms with E-state index in [2.05, 4.69) is 12.2 Å². The molecule has 1 N–H and O–H groups in total. The molecule has 1 amide bonds. The Labute approximate surface area is 42.9 Å². The molecular weight excluding hydrogens is 90.1 g/mol. The van der Waals surface area contributed by atoms with Gasteiger partial charge in [-0.1, -0.05) is 6.92 Å². The standard InChI is InChI=1S/C5H9NO/c1-4-2-5(4)6-3-7/h3-5H,2H2,1H3,(H,6,7). The quantitative estimate of drug-likeness (QED) is 0.490. The van der Waals surface area contributed by atoms with Gasteiger partial charge in [-0.15, -0.1) is 0 Å². The van der Waals surface area contributed by atoms with Crippen molar-refractivity contribution < 1.29 is 4.79 Å². The summed E-state index contributed by atoms with van der Waals surface area (Å²) in [6.07, 6.45) is 1.94. The number of amides is 1. The van der Waals surface area contributed by atoms with Crippen LogP contribution in [0.1, 0.15) is 13.3 Å². The van der Waals surface area contributed by atoms with Crippen molar-refractivity contribution in [2.24, 2.45) is 5.92 Å². The molecular formula is C5H9NO. The third-order valence-corrected chi connectivity index (χ3v) is 1.39. The molecule has 40 valence electrons. The lowest BCUT2D eigenvalue weighted by molar-refractivity contribution is -0.109. The monoisotopic (exact) mass is 99.1 g/mol. The number of carbonyl (C=O) groups excluding carboxylic acids is 1. The molecule has 0 aromatic carbocycles. The lowest BCUT2D eigenvalue weighted by Crippen LogP contribution is -2.14. The highest BCUT2D eigenvalue weighted by atomic mass is 16.1. The van der Waals surface area contributed by atoms with Crippen LogP contribution in [0, 0.1) is 5.92 Å². The van der Waals surface area contributed by atoms with E-state index in [1.807, 2.05) is 0 Å². The van der Waals surface area contributed by atoms with Gasteiger partial charge in [0.05, 0.1) is 0 Å². The summed E-state index contributed by atoms with van der Waals surface area (Å²) in [6.45, 7) is 2.13. The molecule has 0 aromatic heterocycles. The van der Waals surface area contributed by atoms with Gasteiger partial charge in [0.15, 0.2) is 0 Å². The zero-order chi connectivity index (χ0) is 5.28. The Balaban J connectivity index is 2.08. The Bertz CT molecular complexity index is 82.1. The summed E-state index contributed by atoms with van der Waals surface area (Å²) in [7, 11) is 0. The van der Waals surface area contributed by atoms with Crippen LogP contribution in [0.3, 0.4) is 0 Å². The lowest BCUT2D eigenvalue weighted by Gasteiger charge is -1.86. The van der Waals surface area contributed by atoms with Crippen LogP contribution in [0.4, 0.5) is 0 Å². The first-order valence-electron chi connectivity index (χ1n) is 2.54. The first-order chi connectivity index (χ1) is 3.34. The van der Waals surface area contributed by atoms with Crippen LogP contribution in [-0.2, 0) is 4.79 Å². The van der Waals surface area contributed by atoms with Crippen LogP contribution < -0.4 is 5.32 Å². The van der Waals surface area contributed by atoms with E-state index >= 15 is 0 Å². The van der Waals surface area contributed by atoms with E-state index in [-0.39, 0.29) is 0 Å². The van der Waals surface area contributed by atoms with E-state index in [0.29, 0.717) is 6.04 Å². The molecule has 0 aromatic rings. The molecule has 2 heteroatoms. The predicted octanol–water partition coefficient (Wildman–Crippen LogP) is 0.141. The first kappa shape index (κ1) is 4.62. The number of hydrogen-bond donors (Lipinski definition) is 1. The van der Waals surface area contributed by atoms with E-state index < -0.39 is 0 Å². The highest BCUT2D eigenvalue weighted by Crippen LogP contribution is 2.28. The van der Waals surface area contributed by atoms with Crippen LogP contribution >= 0.6 is 0 Å². The van der Waals surface area contributed by atoms with Crippen LogP contribution in [0.2, 0.25) is 0 Å². The Morgan fingerprint density at radius 2 is 2.43 bits per heavy atom. The molecule has 0 saturated heterocycles. The first-order valence-corrected chi connectivity index (χ1v) is 2.54. The molecule has 2 unspecified atom stereocenters. The minimum absolute atomic E-state index is 0.498. The summed E-state index contributed by atoms with van der Waals surface area (Å²) in [5.74, 6) is 0.727. The van der Waals surface area contributed by atoms with Crippen LogP contribution in [0.15, 0.2) is 0 Å². The molecule has 1 fully saturated rings. The Hall–Kier alpha value is -0.530. The smallest absolute Gasteiger partial charge is 0.207 e. The fraction of sp³-hybridized carbons (Fsp3) is 0.800. The SMILES string of the molecule is CC1CC1NC=O. The normalized spacial score (nSPS) is 37.3. The van der Waals surface area contributed by atoms with Gasteiger partial charge in [0.1, 0.15) is 0 Å². The van der Waals surface area contributed by atoms with Crippen LogP contribution in [-0.4, -0.2) is 12.5 Å². The minimum atomic E-state index is 0.498. The average molecular weight is 99.1 g/mol. The van der Waals surface area contributed by atoms with Crippen molar-refractivity contribution in [3.05, 3.63) is 0 Å². The van der Waals surface area contributed by atoms with Crippen molar-refractivity contribution >= 4 is 6.41 Å². The molecule has 0 bridgehead atoms. The Morgan fingerprint density at radius 1 is 1.86 bits per heavy atom. The van der Waals surface area contributed by atoms with Gasteiger partial charge in [-0.2, -0.15) is 0 Å². The Morgan fingerprint density at radius 3 is 2.57 bits per heavy atom. The fourth-order valence-corrected chi connectivity index (χ4v) is 0.642. The van der Waals surface area contributed by atoms with Crippen molar-refractivity contribution in [2.45, 2.75) is 19.4 Å². The number of nitrogens with one attached hydrogen (secondary N) is 1. The van der Waals surface area contributed by atoms with Gasteiger partial charge in [0, 0.05) is 6.04 Å². The summed E-state index contributed by atoms with van der Waals surface area (Å²) in [4.78, 5) is 9.69. The van der Waals surface area contributed by atoms with Gasteiger partial charge >= 0.3 is 0 Å². The van der Waals surface area contributed by atoms with E-state index in [9.17, 15) is 4.79 Å². The fourth-order valence-electron chi connectivity index (χ4n) is 0.642. The molecule has 1 aliphatic carbocycles. The van der Waals surface area contributed by atoms with Crippen molar-refractivity contribution in [1.29, 1.82) is 0 Å². The number of rotatable bonds is 2. The average Bonchev–Trinajstić information content (AvgIpc) is 2.22. The van der Waals surface area contributed by atoms with Gasteiger partial charge in [0.25, 0.3) is 0 Å². The molecule has 0 aliphatic heterocycles. The molecule has 0 heterocycles. The minimum Gasteiger partial charge on any atom is -0.356 e. The van der Waals surface area contributed by atoms with Crippen LogP contribution in [0.5, 0.6) is 0 Å². The maximum absolute atomic E-state index is 9.69. The summed E-state index contributed by atoms with van der Waals surface area (Å²) in [6, 6.07) is 0.498. The second-order valence-electron chi connectivity index (χ2n) is 2.10. The number of hydrogen-bond acceptors (Lipinski definition) is 1. The zero-order valence-electron chi connectivity index (χ0n) is 4.35. The largest absolute Gasteiger partial charge is 0.356 e. The summed E-state index contributed by atoms with van der Waals surface area (Å²) < 4.78 is 0. The second kappa shape index (κ2) is 1.52. The summed E-state index contributed by atoms with van der Waals surface area (Å²) in [5.41, 5.74) is 0. The molecule has 1 aliphatic rings. The van der Waals surface area contributed by atoms with Crippen molar-refractivity contribution in [3.63, 3.8) is 0 Å². The third kappa shape index (κ3) is 0.918. The maximum atomic E-state index is 9.69.